The van der Waals surface area contributed by atoms with E-state index < -0.39 is 17.6 Å². The van der Waals surface area contributed by atoms with Gasteiger partial charge in [-0.25, -0.2) is 0 Å². The number of carbonyl (C=O) groups is 1. The number of nitrogens with zero attached hydrogens (tertiary/aromatic N) is 1. The molecule has 0 saturated carbocycles. The van der Waals surface area contributed by atoms with Crippen LogP contribution < -0.4 is 10.6 Å². The van der Waals surface area contributed by atoms with Crippen molar-refractivity contribution in [3.63, 3.8) is 0 Å². The fraction of sp³-hybridized carbons (Fsp3) is 0.111. The zero-order valence-corrected chi connectivity index (χ0v) is 13.2. The Bertz CT molecular complexity index is 851. The van der Waals surface area contributed by atoms with E-state index in [1.165, 1.54) is 18.2 Å². The van der Waals surface area contributed by atoms with Gasteiger partial charge < -0.3 is 10.6 Å². The van der Waals surface area contributed by atoms with Gasteiger partial charge in [0.2, 0.25) is 0 Å². The Morgan fingerprint density at radius 3 is 2.52 bits per heavy atom. The van der Waals surface area contributed by atoms with Crippen LogP contribution in [0.5, 0.6) is 0 Å². The van der Waals surface area contributed by atoms with Gasteiger partial charge in [-0.15, -0.1) is 0 Å². The van der Waals surface area contributed by atoms with E-state index in [2.05, 4.69) is 10.6 Å². The Morgan fingerprint density at radius 1 is 1.16 bits per heavy atom. The molecule has 0 atom stereocenters. The molecular weight excluding hydrogens is 331 g/mol. The number of alkyl halides is 3. The maximum Gasteiger partial charge on any atom is 0.418 e. The number of amides is 1. The van der Waals surface area contributed by atoms with Crippen LogP contribution in [0, 0.1) is 18.3 Å². The van der Waals surface area contributed by atoms with Crippen molar-refractivity contribution in [1.29, 1.82) is 5.26 Å². The molecule has 0 aliphatic carbocycles. The number of para-hydroxylation sites is 1. The highest BCUT2D eigenvalue weighted by Gasteiger charge is 2.33. The maximum absolute atomic E-state index is 12.9. The van der Waals surface area contributed by atoms with Gasteiger partial charge in [-0.1, -0.05) is 24.3 Å². The van der Waals surface area contributed by atoms with Crippen LogP contribution in [0.4, 0.5) is 24.5 Å². The summed E-state index contributed by atoms with van der Waals surface area (Å²) in [5.41, 5.74) is -0.0772. The summed E-state index contributed by atoms with van der Waals surface area (Å²) in [7, 11) is 0. The second-order valence-corrected chi connectivity index (χ2v) is 5.18. The van der Waals surface area contributed by atoms with Crippen LogP contribution in [0.15, 0.2) is 60.3 Å². The third-order valence-corrected chi connectivity index (χ3v) is 3.25. The summed E-state index contributed by atoms with van der Waals surface area (Å²) in [5.74, 6) is -0.718. The Morgan fingerprint density at radius 2 is 1.88 bits per heavy atom. The summed E-state index contributed by atoms with van der Waals surface area (Å²) in [6.07, 6.45) is -3.59. The molecule has 0 bridgehead atoms. The van der Waals surface area contributed by atoms with Crippen molar-refractivity contribution in [2.45, 2.75) is 13.1 Å². The molecule has 0 aliphatic rings. The van der Waals surface area contributed by atoms with Crippen LogP contribution in [0.25, 0.3) is 0 Å². The molecule has 0 fully saturated rings. The van der Waals surface area contributed by atoms with Gasteiger partial charge in [0, 0.05) is 11.9 Å². The van der Waals surface area contributed by atoms with Gasteiger partial charge >= 0.3 is 6.18 Å². The van der Waals surface area contributed by atoms with E-state index in [1.807, 2.05) is 13.0 Å². The zero-order valence-electron chi connectivity index (χ0n) is 13.2. The van der Waals surface area contributed by atoms with Gasteiger partial charge in [0.15, 0.2) is 0 Å². The van der Waals surface area contributed by atoms with E-state index in [1.54, 1.807) is 24.3 Å². The molecule has 2 rings (SSSR count). The van der Waals surface area contributed by atoms with Crippen molar-refractivity contribution in [1.82, 2.24) is 0 Å². The van der Waals surface area contributed by atoms with E-state index in [-0.39, 0.29) is 11.3 Å². The van der Waals surface area contributed by atoms with Gasteiger partial charge in [0.25, 0.3) is 5.91 Å². The lowest BCUT2D eigenvalue weighted by Crippen LogP contribution is -2.15. The van der Waals surface area contributed by atoms with E-state index in [4.69, 9.17) is 5.26 Å². The minimum atomic E-state index is -4.55. The molecule has 0 aromatic heterocycles. The molecule has 0 spiro atoms. The molecule has 0 heterocycles. The fourth-order valence-corrected chi connectivity index (χ4v) is 2.08. The summed E-state index contributed by atoms with van der Waals surface area (Å²) in [6.45, 7) is 1.84. The number of anilines is 2. The smallest absolute Gasteiger partial charge is 0.360 e. The van der Waals surface area contributed by atoms with E-state index in [0.717, 1.165) is 17.8 Å². The fourth-order valence-electron chi connectivity index (χ4n) is 2.08. The zero-order chi connectivity index (χ0) is 18.4. The highest BCUT2D eigenvalue weighted by Crippen LogP contribution is 2.34. The van der Waals surface area contributed by atoms with E-state index in [9.17, 15) is 18.0 Å². The monoisotopic (exact) mass is 345 g/mol. The first-order valence-corrected chi connectivity index (χ1v) is 7.22. The minimum absolute atomic E-state index is 0.244. The molecule has 2 aromatic rings. The molecule has 25 heavy (non-hydrogen) atoms. The number of carbonyl (C=O) groups excluding carboxylic acids is 1. The van der Waals surface area contributed by atoms with Gasteiger partial charge in [0.05, 0.1) is 11.3 Å². The quantitative estimate of drug-likeness (QED) is 0.635. The molecule has 7 heteroatoms. The number of rotatable bonds is 4. The van der Waals surface area contributed by atoms with Crippen molar-refractivity contribution >= 4 is 17.3 Å². The molecule has 0 aliphatic heterocycles. The van der Waals surface area contributed by atoms with Gasteiger partial charge in [-0.3, -0.25) is 4.79 Å². The first-order chi connectivity index (χ1) is 11.8. The van der Waals surface area contributed by atoms with Crippen LogP contribution in [0.1, 0.15) is 11.1 Å². The predicted molar refractivity (Wildman–Crippen MR) is 88.6 cm³/mol. The second kappa shape index (κ2) is 7.53. The average Bonchev–Trinajstić information content (AvgIpc) is 2.55. The maximum atomic E-state index is 12.9. The van der Waals surface area contributed by atoms with E-state index >= 15 is 0 Å². The molecule has 2 aromatic carbocycles. The summed E-state index contributed by atoms with van der Waals surface area (Å²) in [6, 6.07) is 13.4. The second-order valence-electron chi connectivity index (χ2n) is 5.18. The Labute approximate surface area is 142 Å². The summed E-state index contributed by atoms with van der Waals surface area (Å²) >= 11 is 0. The molecule has 0 unspecified atom stereocenters. The van der Waals surface area contributed by atoms with Crippen LogP contribution in [-0.2, 0) is 11.0 Å². The lowest BCUT2D eigenvalue weighted by molar-refractivity contribution is -0.136. The van der Waals surface area contributed by atoms with Gasteiger partial charge in [0.1, 0.15) is 11.6 Å². The predicted octanol–water partition coefficient (Wildman–Crippen LogP) is 4.47. The lowest BCUT2D eigenvalue weighted by atomic mass is 10.1. The first kappa shape index (κ1) is 18.1. The molecule has 0 saturated heterocycles. The standard InChI is InChI=1S/C18H14F3N3O/c1-12-5-4-6-14(9-12)24-17(25)13(10-22)11-23-16-8-3-2-7-15(16)18(19,20)21/h2-9,11,23H,1H3,(H,24,25)/b13-11-. The first-order valence-electron chi connectivity index (χ1n) is 7.22. The Balaban J connectivity index is 2.19. The van der Waals surface area contributed by atoms with E-state index in [0.29, 0.717) is 5.69 Å². The third kappa shape index (κ3) is 4.85. The third-order valence-electron chi connectivity index (χ3n) is 3.25. The average molecular weight is 345 g/mol. The van der Waals surface area contributed by atoms with Crippen LogP contribution in [0.3, 0.4) is 0 Å². The van der Waals surface area contributed by atoms with Crippen LogP contribution in [-0.4, -0.2) is 5.91 Å². The summed E-state index contributed by atoms with van der Waals surface area (Å²) < 4.78 is 38.8. The van der Waals surface area contributed by atoms with Crippen molar-refractivity contribution < 1.29 is 18.0 Å². The summed E-state index contributed by atoms with van der Waals surface area (Å²) in [5, 5.41) is 14.0. The number of hydrogen-bond acceptors (Lipinski definition) is 3. The topological polar surface area (TPSA) is 64.9 Å². The van der Waals surface area contributed by atoms with Crippen molar-refractivity contribution in [2.24, 2.45) is 0 Å². The molecule has 0 radical (unpaired) electrons. The normalized spacial score (nSPS) is 11.6. The number of benzene rings is 2. The lowest BCUT2D eigenvalue weighted by Gasteiger charge is -2.12. The highest BCUT2D eigenvalue weighted by molar-refractivity contribution is 6.06. The number of aryl methyl sites for hydroxylation is 1. The highest BCUT2D eigenvalue weighted by atomic mass is 19.4. The number of halogens is 3. The number of hydrogen-bond donors (Lipinski definition) is 2. The van der Waals surface area contributed by atoms with Crippen molar-refractivity contribution in [3.8, 4) is 6.07 Å². The van der Waals surface area contributed by atoms with Crippen LogP contribution >= 0.6 is 0 Å². The SMILES string of the molecule is Cc1cccc(NC(=O)/C(C#N)=C\Nc2ccccc2C(F)(F)F)c1. The summed E-state index contributed by atoms with van der Waals surface area (Å²) in [4.78, 5) is 12.1. The minimum Gasteiger partial charge on any atom is -0.360 e. The van der Waals surface area contributed by atoms with Crippen molar-refractivity contribution in [2.75, 3.05) is 10.6 Å². The Hall–Kier alpha value is -3.27. The van der Waals surface area contributed by atoms with Crippen LogP contribution in [0.2, 0.25) is 0 Å². The largest absolute Gasteiger partial charge is 0.418 e. The van der Waals surface area contributed by atoms with Gasteiger partial charge in [-0.2, -0.15) is 18.4 Å². The number of nitrogens with one attached hydrogen (secondary N) is 2. The molecule has 128 valence electrons. The molecule has 1 amide bonds. The molecule has 2 N–H and O–H groups in total. The van der Waals surface area contributed by atoms with Gasteiger partial charge in [-0.05, 0) is 36.8 Å². The Kier molecular flexibility index (Phi) is 5.45. The van der Waals surface area contributed by atoms with Crippen molar-refractivity contribution in [3.05, 3.63) is 71.4 Å². The molecular formula is C18H14F3N3O. The molecule has 4 nitrogen and oxygen atoms in total. The number of nitriles is 1.